The number of benzene rings is 2. The molecule has 4 heteroatoms. The lowest BCUT2D eigenvalue weighted by atomic mass is 9.84. The number of nitrogens with zero attached hydrogens (tertiary/aromatic N) is 1. The summed E-state index contributed by atoms with van der Waals surface area (Å²) in [4.78, 5) is 2.55. The summed E-state index contributed by atoms with van der Waals surface area (Å²) in [5, 5.41) is 0.753. The van der Waals surface area contributed by atoms with E-state index in [1.165, 1.54) is 17.5 Å². The molecule has 1 aliphatic carbocycles. The zero-order chi connectivity index (χ0) is 18.1. The van der Waals surface area contributed by atoms with Crippen LogP contribution in [0.3, 0.4) is 0 Å². The molecule has 1 aliphatic heterocycles. The van der Waals surface area contributed by atoms with Gasteiger partial charge in [0, 0.05) is 23.2 Å². The Morgan fingerprint density at radius 3 is 2.81 bits per heavy atom. The minimum absolute atomic E-state index is 0.0161. The van der Waals surface area contributed by atoms with Crippen molar-refractivity contribution in [3.63, 3.8) is 0 Å². The Balaban J connectivity index is 1.68. The standard InChI is InChI=1S/C22H27ClN2O/c1-15-19(23)9-4-10-21(15)26-22-18-8-3-2-6-16(18)11-12-20(22)25-13-5-7-17(24)14-25/h2-4,6,8-10,17,20,22H,5,7,11-14,24H2,1H3/t17-,20-,22-/m0/s1. The quantitative estimate of drug-likeness (QED) is 0.864. The summed E-state index contributed by atoms with van der Waals surface area (Å²) < 4.78 is 6.63. The van der Waals surface area contributed by atoms with Crippen LogP contribution < -0.4 is 10.5 Å². The van der Waals surface area contributed by atoms with E-state index < -0.39 is 0 Å². The van der Waals surface area contributed by atoms with Crippen LogP contribution in [0.25, 0.3) is 0 Å². The number of fused-ring (bicyclic) bond motifs is 1. The summed E-state index contributed by atoms with van der Waals surface area (Å²) in [6.07, 6.45) is 4.51. The molecule has 0 spiro atoms. The second kappa shape index (κ2) is 7.59. The van der Waals surface area contributed by atoms with Crippen molar-refractivity contribution < 1.29 is 4.74 Å². The van der Waals surface area contributed by atoms with Gasteiger partial charge in [-0.15, -0.1) is 0 Å². The Bertz CT molecular complexity index is 778. The van der Waals surface area contributed by atoms with Crippen molar-refractivity contribution in [1.82, 2.24) is 4.90 Å². The highest BCUT2D eigenvalue weighted by Crippen LogP contribution is 2.39. The molecule has 0 bridgehead atoms. The lowest BCUT2D eigenvalue weighted by Gasteiger charge is -2.43. The van der Waals surface area contributed by atoms with Crippen molar-refractivity contribution >= 4 is 11.6 Å². The Kier molecular flexibility index (Phi) is 5.21. The van der Waals surface area contributed by atoms with E-state index in [1.54, 1.807) is 0 Å². The van der Waals surface area contributed by atoms with E-state index >= 15 is 0 Å². The van der Waals surface area contributed by atoms with Crippen LogP contribution in [-0.4, -0.2) is 30.1 Å². The molecule has 26 heavy (non-hydrogen) atoms. The molecule has 0 saturated carbocycles. The van der Waals surface area contributed by atoms with Crippen molar-refractivity contribution in [1.29, 1.82) is 0 Å². The van der Waals surface area contributed by atoms with Crippen molar-refractivity contribution in [2.45, 2.75) is 50.8 Å². The van der Waals surface area contributed by atoms with Crippen LogP contribution in [-0.2, 0) is 6.42 Å². The molecule has 3 atom stereocenters. The van der Waals surface area contributed by atoms with Gasteiger partial charge < -0.3 is 10.5 Å². The summed E-state index contributed by atoms with van der Waals surface area (Å²) in [6, 6.07) is 15.2. The molecular formula is C22H27ClN2O. The van der Waals surface area contributed by atoms with Gasteiger partial charge in [0.1, 0.15) is 11.9 Å². The van der Waals surface area contributed by atoms with E-state index in [0.29, 0.717) is 6.04 Å². The molecule has 1 saturated heterocycles. The second-order valence-corrected chi connectivity index (χ2v) is 8.01. The summed E-state index contributed by atoms with van der Waals surface area (Å²) >= 11 is 6.33. The highest BCUT2D eigenvalue weighted by atomic mass is 35.5. The van der Waals surface area contributed by atoms with E-state index in [2.05, 4.69) is 29.2 Å². The number of likely N-dealkylation sites (tertiary alicyclic amines) is 1. The average molecular weight is 371 g/mol. The smallest absolute Gasteiger partial charge is 0.139 e. The van der Waals surface area contributed by atoms with Crippen LogP contribution in [0.2, 0.25) is 5.02 Å². The van der Waals surface area contributed by atoms with Crippen molar-refractivity contribution in [3.05, 3.63) is 64.2 Å². The first-order valence-corrected chi connectivity index (χ1v) is 10.0. The van der Waals surface area contributed by atoms with Crippen LogP contribution >= 0.6 is 11.6 Å². The molecule has 2 aliphatic rings. The summed E-state index contributed by atoms with van der Waals surface area (Å²) in [6.45, 7) is 4.09. The molecule has 138 valence electrons. The van der Waals surface area contributed by atoms with E-state index in [-0.39, 0.29) is 12.1 Å². The minimum Gasteiger partial charge on any atom is -0.484 e. The van der Waals surface area contributed by atoms with Crippen LogP contribution in [0.15, 0.2) is 42.5 Å². The van der Waals surface area contributed by atoms with Gasteiger partial charge in [-0.2, -0.15) is 0 Å². The topological polar surface area (TPSA) is 38.5 Å². The van der Waals surface area contributed by atoms with Gasteiger partial charge >= 0.3 is 0 Å². The molecule has 1 fully saturated rings. The molecule has 0 amide bonds. The third-order valence-electron chi connectivity index (χ3n) is 5.85. The monoisotopic (exact) mass is 370 g/mol. The predicted octanol–water partition coefficient (Wildman–Crippen LogP) is 4.51. The molecule has 2 aromatic rings. The molecule has 3 nitrogen and oxygen atoms in total. The van der Waals surface area contributed by atoms with E-state index in [0.717, 1.165) is 48.7 Å². The average Bonchev–Trinajstić information content (AvgIpc) is 2.65. The third-order valence-corrected chi connectivity index (χ3v) is 6.26. The lowest BCUT2D eigenvalue weighted by molar-refractivity contribution is 0.0364. The predicted molar refractivity (Wildman–Crippen MR) is 107 cm³/mol. The number of aryl methyl sites for hydroxylation is 1. The van der Waals surface area contributed by atoms with Gasteiger partial charge in [0.2, 0.25) is 0 Å². The number of hydrogen-bond donors (Lipinski definition) is 1. The first-order valence-electron chi connectivity index (χ1n) is 9.62. The van der Waals surface area contributed by atoms with Crippen LogP contribution in [0, 0.1) is 6.92 Å². The highest BCUT2D eigenvalue weighted by Gasteiger charge is 2.36. The molecule has 4 rings (SSSR count). The third kappa shape index (κ3) is 3.48. The van der Waals surface area contributed by atoms with E-state index in [1.807, 2.05) is 25.1 Å². The SMILES string of the molecule is Cc1c(Cl)cccc1O[C@H]1c2ccccc2CC[C@@H]1N1CCC[C@H](N)C1. The number of piperidine rings is 1. The van der Waals surface area contributed by atoms with Crippen LogP contribution in [0.5, 0.6) is 5.75 Å². The van der Waals surface area contributed by atoms with Crippen LogP contribution in [0.1, 0.15) is 42.1 Å². The summed E-state index contributed by atoms with van der Waals surface area (Å²) in [5.74, 6) is 0.880. The van der Waals surface area contributed by atoms with Gasteiger partial charge in [0.15, 0.2) is 0 Å². The van der Waals surface area contributed by atoms with Crippen molar-refractivity contribution in [3.8, 4) is 5.75 Å². The number of hydrogen-bond acceptors (Lipinski definition) is 3. The van der Waals surface area contributed by atoms with Crippen molar-refractivity contribution in [2.24, 2.45) is 5.73 Å². The van der Waals surface area contributed by atoms with Gasteiger partial charge in [0.05, 0.1) is 6.04 Å². The molecule has 0 radical (unpaired) electrons. The largest absolute Gasteiger partial charge is 0.484 e. The fourth-order valence-corrected chi connectivity index (χ4v) is 4.58. The van der Waals surface area contributed by atoms with E-state index in [9.17, 15) is 0 Å². The van der Waals surface area contributed by atoms with Gasteiger partial charge in [-0.3, -0.25) is 4.90 Å². The zero-order valence-electron chi connectivity index (χ0n) is 15.3. The van der Waals surface area contributed by atoms with Crippen molar-refractivity contribution in [2.75, 3.05) is 13.1 Å². The zero-order valence-corrected chi connectivity index (χ0v) is 16.1. The summed E-state index contributed by atoms with van der Waals surface area (Å²) in [5.41, 5.74) is 9.98. The maximum Gasteiger partial charge on any atom is 0.139 e. The molecular weight excluding hydrogens is 344 g/mol. The van der Waals surface area contributed by atoms with Gasteiger partial charge in [-0.1, -0.05) is 41.9 Å². The van der Waals surface area contributed by atoms with E-state index in [4.69, 9.17) is 22.1 Å². The maximum atomic E-state index is 6.63. The van der Waals surface area contributed by atoms with Gasteiger partial charge in [-0.25, -0.2) is 0 Å². The molecule has 0 aromatic heterocycles. The molecule has 1 heterocycles. The first-order chi connectivity index (χ1) is 12.6. The minimum atomic E-state index is 0.0161. The highest BCUT2D eigenvalue weighted by molar-refractivity contribution is 6.31. The number of ether oxygens (including phenoxy) is 1. The molecule has 0 unspecified atom stereocenters. The van der Waals surface area contributed by atoms with Gasteiger partial charge in [-0.05, 0) is 62.4 Å². The first kappa shape index (κ1) is 17.8. The molecule has 2 N–H and O–H groups in total. The van der Waals surface area contributed by atoms with Gasteiger partial charge in [0.25, 0.3) is 0 Å². The Morgan fingerprint density at radius 1 is 1.12 bits per heavy atom. The Hall–Kier alpha value is -1.55. The van der Waals surface area contributed by atoms with Crippen LogP contribution in [0.4, 0.5) is 0 Å². The number of halogens is 1. The summed E-state index contributed by atoms with van der Waals surface area (Å²) in [7, 11) is 0. The second-order valence-electron chi connectivity index (χ2n) is 7.60. The Morgan fingerprint density at radius 2 is 1.96 bits per heavy atom. The lowest BCUT2D eigenvalue weighted by Crippen LogP contribution is -2.51. The fraction of sp³-hybridized carbons (Fsp3) is 0.455. The maximum absolute atomic E-state index is 6.63. The molecule has 2 aromatic carbocycles. The number of rotatable bonds is 3. The Labute approximate surface area is 161 Å². The number of nitrogens with two attached hydrogens (primary N) is 1. The normalized spacial score (nSPS) is 26.3. The fourth-order valence-electron chi connectivity index (χ4n) is 4.41.